The minimum absolute atomic E-state index is 0.120. The van der Waals surface area contributed by atoms with Crippen LogP contribution in [0.15, 0.2) is 0 Å². The van der Waals surface area contributed by atoms with Crippen molar-refractivity contribution in [2.45, 2.75) is 24.9 Å². The van der Waals surface area contributed by atoms with Gasteiger partial charge in [-0.2, -0.15) is 0 Å². The predicted molar refractivity (Wildman–Crippen MR) is 54.6 cm³/mol. The smallest absolute Gasteiger partial charge is 0.320 e. The molecule has 0 rings (SSSR count). The van der Waals surface area contributed by atoms with Crippen LogP contribution in [0, 0.1) is 0 Å². The molecule has 0 saturated heterocycles. The van der Waals surface area contributed by atoms with E-state index in [4.69, 9.17) is 31.9 Å². The van der Waals surface area contributed by atoms with Gasteiger partial charge >= 0.3 is 11.9 Å². The lowest BCUT2D eigenvalue weighted by Crippen LogP contribution is -2.30. The van der Waals surface area contributed by atoms with Crippen molar-refractivity contribution in [1.82, 2.24) is 0 Å². The van der Waals surface area contributed by atoms with E-state index in [0.29, 0.717) is 0 Å². The summed E-state index contributed by atoms with van der Waals surface area (Å²) in [5.74, 6) is -2.14. The van der Waals surface area contributed by atoms with Crippen molar-refractivity contribution in [3.63, 3.8) is 0 Å². The van der Waals surface area contributed by atoms with Crippen LogP contribution in [-0.4, -0.2) is 57.7 Å². The first-order chi connectivity index (χ1) is 7.36. The van der Waals surface area contributed by atoms with Gasteiger partial charge in [0.05, 0.1) is 0 Å². The van der Waals surface area contributed by atoms with Crippen molar-refractivity contribution >= 4 is 11.9 Å². The van der Waals surface area contributed by atoms with Gasteiger partial charge in [-0.1, -0.05) is 0 Å². The van der Waals surface area contributed by atoms with E-state index in [-0.39, 0.29) is 26.1 Å². The minimum atomic E-state index is -1.07. The maximum Gasteiger partial charge on any atom is 0.320 e. The topological polar surface area (TPSA) is 167 Å². The molecule has 0 aromatic heterocycles. The van der Waals surface area contributed by atoms with Crippen LogP contribution in [-0.2, 0) is 9.59 Å². The molecule has 0 saturated carbocycles. The fourth-order valence-electron chi connectivity index (χ4n) is 0.525. The first kappa shape index (κ1) is 17.2. The Hall–Kier alpha value is -1.22. The molecule has 0 bridgehead atoms. The Morgan fingerprint density at radius 3 is 1.19 bits per heavy atom. The number of aliphatic hydroxyl groups is 2. The molecule has 8 N–H and O–H groups in total. The highest BCUT2D eigenvalue weighted by atomic mass is 16.4. The summed E-state index contributed by atoms with van der Waals surface area (Å²) in [7, 11) is 0. The largest absolute Gasteiger partial charge is 0.480 e. The number of hydrogen-bond donors (Lipinski definition) is 6. The molecule has 2 unspecified atom stereocenters. The average Bonchev–Trinajstić information content (AvgIpc) is 2.19. The SMILES string of the molecule is NC(CCO)C(=O)O.NC(CCO)C(=O)O. The molecule has 0 spiro atoms. The number of hydrogen-bond acceptors (Lipinski definition) is 6. The zero-order valence-electron chi connectivity index (χ0n) is 8.74. The van der Waals surface area contributed by atoms with Crippen molar-refractivity contribution in [1.29, 1.82) is 0 Å². The number of carboxylic acid groups (broad SMARTS) is 2. The lowest BCUT2D eigenvalue weighted by atomic mass is 10.2. The van der Waals surface area contributed by atoms with Crippen LogP contribution in [0.25, 0.3) is 0 Å². The lowest BCUT2D eigenvalue weighted by molar-refractivity contribution is -0.139. The van der Waals surface area contributed by atoms with Gasteiger partial charge in [-0.3, -0.25) is 9.59 Å². The normalized spacial score (nSPS) is 13.2. The van der Waals surface area contributed by atoms with Gasteiger partial charge in [-0.05, 0) is 12.8 Å². The number of carbonyl (C=O) groups is 2. The fourth-order valence-corrected chi connectivity index (χ4v) is 0.525. The van der Waals surface area contributed by atoms with E-state index in [2.05, 4.69) is 0 Å². The van der Waals surface area contributed by atoms with Crippen LogP contribution in [0.3, 0.4) is 0 Å². The molecule has 0 aliphatic rings. The maximum absolute atomic E-state index is 9.85. The summed E-state index contributed by atoms with van der Waals surface area (Å²) < 4.78 is 0. The standard InChI is InChI=1S/2C4H9NO3/c2*5-3(1-2-6)4(7)8/h2*3,6H,1-2,5H2,(H,7,8). The number of nitrogens with two attached hydrogens (primary N) is 2. The highest BCUT2D eigenvalue weighted by molar-refractivity contribution is 5.73. The molecule has 0 aliphatic carbocycles. The van der Waals surface area contributed by atoms with E-state index in [1.165, 1.54) is 0 Å². The number of carboxylic acids is 2. The zero-order chi connectivity index (χ0) is 13.1. The summed E-state index contributed by atoms with van der Waals surface area (Å²) >= 11 is 0. The van der Waals surface area contributed by atoms with Gasteiger partial charge in [-0.15, -0.1) is 0 Å². The second kappa shape index (κ2) is 10.3. The highest BCUT2D eigenvalue weighted by Gasteiger charge is 2.09. The van der Waals surface area contributed by atoms with Gasteiger partial charge in [-0.25, -0.2) is 0 Å². The van der Waals surface area contributed by atoms with E-state index >= 15 is 0 Å². The molecule has 16 heavy (non-hydrogen) atoms. The molecular formula is C8H18N2O6. The molecule has 0 radical (unpaired) electrons. The first-order valence-electron chi connectivity index (χ1n) is 4.55. The summed E-state index contributed by atoms with van der Waals surface area (Å²) in [6, 6.07) is -1.83. The van der Waals surface area contributed by atoms with Crippen LogP contribution in [0.5, 0.6) is 0 Å². The van der Waals surface area contributed by atoms with Gasteiger partial charge in [0.25, 0.3) is 0 Å². The second-order valence-electron chi connectivity index (χ2n) is 2.91. The van der Waals surface area contributed by atoms with Gasteiger partial charge in [0, 0.05) is 13.2 Å². The van der Waals surface area contributed by atoms with Crippen molar-refractivity contribution < 1.29 is 30.0 Å². The molecule has 0 aliphatic heterocycles. The monoisotopic (exact) mass is 238 g/mol. The van der Waals surface area contributed by atoms with E-state index in [1.54, 1.807) is 0 Å². The van der Waals surface area contributed by atoms with Gasteiger partial charge < -0.3 is 31.9 Å². The minimum Gasteiger partial charge on any atom is -0.480 e. The van der Waals surface area contributed by atoms with Crippen molar-refractivity contribution in [3.8, 4) is 0 Å². The summed E-state index contributed by atoms with van der Waals surface area (Å²) in [5, 5.41) is 32.4. The first-order valence-corrected chi connectivity index (χ1v) is 4.55. The van der Waals surface area contributed by atoms with Gasteiger partial charge in [0.15, 0.2) is 0 Å². The Morgan fingerprint density at radius 1 is 0.875 bits per heavy atom. The van der Waals surface area contributed by atoms with Crippen LogP contribution in [0.2, 0.25) is 0 Å². The Bertz CT molecular complexity index is 189. The Labute approximate surface area is 92.5 Å². The Kier molecular flexibility index (Phi) is 11.1. The van der Waals surface area contributed by atoms with Crippen LogP contribution in [0.1, 0.15) is 12.8 Å². The number of aliphatic carboxylic acids is 2. The van der Waals surface area contributed by atoms with E-state index < -0.39 is 24.0 Å². The maximum atomic E-state index is 9.85. The number of rotatable bonds is 6. The van der Waals surface area contributed by atoms with E-state index in [1.807, 2.05) is 0 Å². The van der Waals surface area contributed by atoms with Crippen molar-refractivity contribution in [3.05, 3.63) is 0 Å². The second-order valence-corrected chi connectivity index (χ2v) is 2.91. The molecule has 0 aromatic carbocycles. The molecular weight excluding hydrogens is 220 g/mol. The average molecular weight is 238 g/mol. The van der Waals surface area contributed by atoms with E-state index in [9.17, 15) is 9.59 Å². The molecule has 0 heterocycles. The molecule has 0 amide bonds. The predicted octanol–water partition coefficient (Wildman–Crippen LogP) is -2.44. The van der Waals surface area contributed by atoms with Crippen LogP contribution < -0.4 is 11.5 Å². The Morgan fingerprint density at radius 2 is 1.12 bits per heavy atom. The van der Waals surface area contributed by atoms with Crippen molar-refractivity contribution in [2.75, 3.05) is 13.2 Å². The fraction of sp³-hybridized carbons (Fsp3) is 0.750. The summed E-state index contributed by atoms with van der Waals surface area (Å²) in [6.45, 7) is -0.346. The molecule has 0 fully saturated rings. The molecule has 8 heteroatoms. The Balaban J connectivity index is 0. The molecule has 96 valence electrons. The number of aliphatic hydroxyl groups excluding tert-OH is 2. The van der Waals surface area contributed by atoms with Crippen LogP contribution in [0.4, 0.5) is 0 Å². The van der Waals surface area contributed by atoms with Crippen molar-refractivity contribution in [2.24, 2.45) is 11.5 Å². The molecule has 8 nitrogen and oxygen atoms in total. The van der Waals surface area contributed by atoms with E-state index in [0.717, 1.165) is 0 Å². The lowest BCUT2D eigenvalue weighted by Gasteiger charge is -2.00. The van der Waals surface area contributed by atoms with Crippen LogP contribution >= 0.6 is 0 Å². The zero-order valence-corrected chi connectivity index (χ0v) is 8.74. The molecule has 0 aromatic rings. The molecule has 2 atom stereocenters. The third-order valence-electron chi connectivity index (χ3n) is 1.51. The summed E-state index contributed by atoms with van der Waals surface area (Å²) in [4.78, 5) is 19.7. The third-order valence-corrected chi connectivity index (χ3v) is 1.51. The van der Waals surface area contributed by atoms with Gasteiger partial charge in [0.2, 0.25) is 0 Å². The quantitative estimate of drug-likeness (QED) is 0.296. The highest BCUT2D eigenvalue weighted by Crippen LogP contribution is 1.84. The summed E-state index contributed by atoms with van der Waals surface area (Å²) in [6.07, 6.45) is 0.241. The van der Waals surface area contributed by atoms with Gasteiger partial charge in [0.1, 0.15) is 12.1 Å². The third kappa shape index (κ3) is 10.9. The summed E-state index contributed by atoms with van der Waals surface area (Å²) in [5.41, 5.74) is 9.93.